The Balaban J connectivity index is 1.63. The third-order valence-corrected chi connectivity index (χ3v) is 5.68. The van der Waals surface area contributed by atoms with Crippen LogP contribution in [0, 0.1) is 6.92 Å². The number of nitrogens with zero attached hydrogens (tertiary/aromatic N) is 1. The first-order valence-electron chi connectivity index (χ1n) is 8.52. The van der Waals surface area contributed by atoms with Crippen molar-refractivity contribution in [2.24, 2.45) is 0 Å². The number of hydrogen-bond donors (Lipinski definition) is 1. The summed E-state index contributed by atoms with van der Waals surface area (Å²) in [6.07, 6.45) is 0. The van der Waals surface area contributed by atoms with E-state index in [0.717, 1.165) is 21.3 Å². The molecule has 1 heterocycles. The molecule has 3 aromatic rings. The third-order valence-electron chi connectivity index (χ3n) is 3.81. The van der Waals surface area contributed by atoms with Gasteiger partial charge in [-0.05, 0) is 43.3 Å². The van der Waals surface area contributed by atoms with Gasteiger partial charge < -0.3 is 14.8 Å². The lowest BCUT2D eigenvalue weighted by Gasteiger charge is -2.12. The monoisotopic (exact) mass is 436 g/mol. The number of nitrogens with one attached hydrogen (secondary N) is 1. The zero-order chi connectivity index (χ0) is 20.8. The van der Waals surface area contributed by atoms with E-state index in [9.17, 15) is 13.6 Å². The van der Waals surface area contributed by atoms with Crippen molar-refractivity contribution in [2.45, 2.75) is 24.2 Å². The van der Waals surface area contributed by atoms with Crippen molar-refractivity contribution in [1.29, 1.82) is 0 Å². The lowest BCUT2D eigenvalue weighted by Crippen LogP contribution is -2.12. The van der Waals surface area contributed by atoms with Crippen molar-refractivity contribution in [3.05, 3.63) is 64.1 Å². The highest BCUT2D eigenvalue weighted by molar-refractivity contribution is 7.98. The van der Waals surface area contributed by atoms with Crippen LogP contribution in [0.3, 0.4) is 0 Å². The molecule has 0 radical (unpaired) electrons. The van der Waals surface area contributed by atoms with Crippen LogP contribution in [-0.2, 0) is 5.75 Å². The molecule has 5 nitrogen and oxygen atoms in total. The number of hydrogen-bond acceptors (Lipinski definition) is 6. The molecule has 0 unspecified atom stereocenters. The van der Waals surface area contributed by atoms with Gasteiger partial charge in [0.15, 0.2) is 11.5 Å². The van der Waals surface area contributed by atoms with E-state index < -0.39 is 6.61 Å². The van der Waals surface area contributed by atoms with E-state index in [4.69, 9.17) is 4.74 Å². The number of aromatic nitrogens is 1. The van der Waals surface area contributed by atoms with Crippen LogP contribution in [0.4, 0.5) is 14.5 Å². The van der Waals surface area contributed by atoms with Gasteiger partial charge in [-0.3, -0.25) is 4.79 Å². The maximum absolute atomic E-state index is 12.5. The number of ether oxygens (including phenoxy) is 2. The molecule has 0 spiro atoms. The molecule has 2 aromatic carbocycles. The van der Waals surface area contributed by atoms with Crippen LogP contribution in [0.2, 0.25) is 0 Å². The van der Waals surface area contributed by atoms with Crippen molar-refractivity contribution >= 4 is 34.7 Å². The molecule has 9 heteroatoms. The number of carbonyl (C=O) groups is 1. The summed E-state index contributed by atoms with van der Waals surface area (Å²) >= 11 is 3.25. The number of thiazole rings is 1. The topological polar surface area (TPSA) is 60.5 Å². The van der Waals surface area contributed by atoms with Crippen LogP contribution in [-0.4, -0.2) is 24.6 Å². The number of aryl methyl sites for hydroxylation is 1. The van der Waals surface area contributed by atoms with E-state index in [1.165, 1.54) is 19.2 Å². The number of methoxy groups -OCH3 is 1. The predicted octanol–water partition coefficient (Wildman–Crippen LogP) is 5.61. The van der Waals surface area contributed by atoms with Gasteiger partial charge in [0.2, 0.25) is 0 Å². The summed E-state index contributed by atoms with van der Waals surface area (Å²) in [6.45, 7) is -1.02. The fourth-order valence-corrected chi connectivity index (χ4v) is 3.99. The minimum absolute atomic E-state index is 0.149. The number of benzene rings is 2. The molecule has 0 aliphatic carbocycles. The van der Waals surface area contributed by atoms with E-state index in [0.29, 0.717) is 11.3 Å². The molecule has 1 amide bonds. The molecule has 1 aromatic heterocycles. The lowest BCUT2D eigenvalue weighted by molar-refractivity contribution is -0.0511. The SMILES string of the molecule is COc1ccc(NC(=O)c2ccc(SCc3csc(C)n3)cc2)cc1OC(F)F. The number of alkyl halides is 2. The molecule has 0 atom stereocenters. The quantitative estimate of drug-likeness (QED) is 0.466. The Morgan fingerprint density at radius 2 is 1.97 bits per heavy atom. The molecule has 0 bridgehead atoms. The van der Waals surface area contributed by atoms with Crippen molar-refractivity contribution in [1.82, 2.24) is 4.98 Å². The van der Waals surface area contributed by atoms with Crippen LogP contribution in [0.5, 0.6) is 11.5 Å². The van der Waals surface area contributed by atoms with Gasteiger partial charge >= 0.3 is 6.61 Å². The summed E-state index contributed by atoms with van der Waals surface area (Å²) in [6, 6.07) is 11.4. The van der Waals surface area contributed by atoms with E-state index in [1.54, 1.807) is 41.3 Å². The molecule has 0 saturated heterocycles. The lowest BCUT2D eigenvalue weighted by atomic mass is 10.2. The summed E-state index contributed by atoms with van der Waals surface area (Å²) in [5.74, 6) is 0.406. The molecule has 0 aliphatic rings. The first-order valence-corrected chi connectivity index (χ1v) is 10.4. The zero-order valence-electron chi connectivity index (χ0n) is 15.6. The zero-order valence-corrected chi connectivity index (χ0v) is 17.3. The summed E-state index contributed by atoms with van der Waals surface area (Å²) in [5, 5.41) is 5.74. The Labute approximate surface area is 175 Å². The van der Waals surface area contributed by atoms with Gasteiger partial charge in [-0.15, -0.1) is 23.1 Å². The fraction of sp³-hybridized carbons (Fsp3) is 0.200. The molecule has 29 heavy (non-hydrogen) atoms. The Morgan fingerprint density at radius 3 is 2.59 bits per heavy atom. The molecular weight excluding hydrogens is 418 g/mol. The van der Waals surface area contributed by atoms with Crippen LogP contribution in [0.15, 0.2) is 52.7 Å². The van der Waals surface area contributed by atoms with Crippen molar-refractivity contribution in [3.63, 3.8) is 0 Å². The maximum atomic E-state index is 12.5. The van der Waals surface area contributed by atoms with E-state index in [-0.39, 0.29) is 17.4 Å². The maximum Gasteiger partial charge on any atom is 0.387 e. The molecule has 152 valence electrons. The smallest absolute Gasteiger partial charge is 0.387 e. The Hall–Kier alpha value is -2.65. The third kappa shape index (κ3) is 5.91. The van der Waals surface area contributed by atoms with E-state index in [1.807, 2.05) is 24.4 Å². The number of carbonyl (C=O) groups excluding carboxylic acids is 1. The number of amides is 1. The van der Waals surface area contributed by atoms with Crippen molar-refractivity contribution in [3.8, 4) is 11.5 Å². The number of thioether (sulfide) groups is 1. The van der Waals surface area contributed by atoms with Gasteiger partial charge in [-0.2, -0.15) is 8.78 Å². The summed E-state index contributed by atoms with van der Waals surface area (Å²) in [7, 11) is 1.35. The standard InChI is InChI=1S/C20H18F2N2O3S2/c1-12-23-15(10-28-12)11-29-16-6-3-13(4-7-16)19(25)24-14-5-8-17(26-2)18(9-14)27-20(21)22/h3-10,20H,11H2,1-2H3,(H,24,25). The molecule has 0 aliphatic heterocycles. The molecule has 1 N–H and O–H groups in total. The van der Waals surface area contributed by atoms with Gasteiger partial charge in [0, 0.05) is 33.3 Å². The van der Waals surface area contributed by atoms with Crippen LogP contribution < -0.4 is 14.8 Å². The van der Waals surface area contributed by atoms with Crippen LogP contribution >= 0.6 is 23.1 Å². The van der Waals surface area contributed by atoms with Crippen molar-refractivity contribution in [2.75, 3.05) is 12.4 Å². The van der Waals surface area contributed by atoms with Crippen LogP contribution in [0.25, 0.3) is 0 Å². The molecule has 0 saturated carbocycles. The summed E-state index contributed by atoms with van der Waals surface area (Å²) < 4.78 is 34.5. The second-order valence-corrected chi connectivity index (χ2v) is 7.98. The summed E-state index contributed by atoms with van der Waals surface area (Å²) in [4.78, 5) is 17.9. The molecule has 3 rings (SSSR count). The number of anilines is 1. The number of rotatable bonds is 8. The normalized spacial score (nSPS) is 10.8. The second kappa shape index (κ2) is 9.71. The average molecular weight is 437 g/mol. The van der Waals surface area contributed by atoms with Gasteiger partial charge in [-0.1, -0.05) is 0 Å². The second-order valence-electron chi connectivity index (χ2n) is 5.87. The highest BCUT2D eigenvalue weighted by Crippen LogP contribution is 2.31. The van der Waals surface area contributed by atoms with Gasteiger partial charge in [-0.25, -0.2) is 4.98 Å². The number of halogens is 2. The largest absolute Gasteiger partial charge is 0.493 e. The summed E-state index contributed by atoms with van der Waals surface area (Å²) in [5.41, 5.74) is 1.80. The highest BCUT2D eigenvalue weighted by atomic mass is 32.2. The minimum Gasteiger partial charge on any atom is -0.493 e. The molecule has 0 fully saturated rings. The van der Waals surface area contributed by atoms with Gasteiger partial charge in [0.1, 0.15) is 0 Å². The van der Waals surface area contributed by atoms with Gasteiger partial charge in [0.05, 0.1) is 17.8 Å². The van der Waals surface area contributed by atoms with E-state index >= 15 is 0 Å². The average Bonchev–Trinajstić information content (AvgIpc) is 3.12. The fourth-order valence-electron chi connectivity index (χ4n) is 2.48. The van der Waals surface area contributed by atoms with Crippen molar-refractivity contribution < 1.29 is 23.0 Å². The van der Waals surface area contributed by atoms with Crippen LogP contribution in [0.1, 0.15) is 21.1 Å². The molecular formula is C20H18F2N2O3S2. The Bertz CT molecular complexity index is 978. The van der Waals surface area contributed by atoms with E-state index in [2.05, 4.69) is 15.0 Å². The van der Waals surface area contributed by atoms with Gasteiger partial charge in [0.25, 0.3) is 5.91 Å². The Kier molecular flexibility index (Phi) is 7.05. The first kappa shape index (κ1) is 21.1. The Morgan fingerprint density at radius 1 is 1.21 bits per heavy atom. The first-order chi connectivity index (χ1) is 13.9. The minimum atomic E-state index is -2.99. The predicted molar refractivity (Wildman–Crippen MR) is 110 cm³/mol. The highest BCUT2D eigenvalue weighted by Gasteiger charge is 2.13.